The SMILES string of the molecule is NNc1nc(N)cc(Cc2ccc(-n3cccn3)cc2)c1N. The van der Waals surface area contributed by atoms with E-state index >= 15 is 0 Å². The van der Waals surface area contributed by atoms with Gasteiger partial charge in [-0.25, -0.2) is 15.5 Å². The van der Waals surface area contributed by atoms with E-state index in [1.165, 1.54) is 0 Å². The van der Waals surface area contributed by atoms with E-state index in [1.807, 2.05) is 36.5 Å². The number of pyridine rings is 1. The zero-order chi connectivity index (χ0) is 15.5. The van der Waals surface area contributed by atoms with Crippen molar-refractivity contribution in [3.8, 4) is 5.69 Å². The molecule has 0 saturated heterocycles. The molecular formula is C15H17N7. The summed E-state index contributed by atoms with van der Waals surface area (Å²) in [6.07, 6.45) is 4.29. The van der Waals surface area contributed by atoms with Crippen molar-refractivity contribution >= 4 is 17.3 Å². The molecule has 7 heteroatoms. The van der Waals surface area contributed by atoms with Crippen molar-refractivity contribution in [3.63, 3.8) is 0 Å². The quantitative estimate of drug-likeness (QED) is 0.425. The summed E-state index contributed by atoms with van der Waals surface area (Å²) >= 11 is 0. The van der Waals surface area contributed by atoms with Crippen molar-refractivity contribution in [3.05, 3.63) is 59.9 Å². The number of aromatic nitrogens is 3. The largest absolute Gasteiger partial charge is 0.395 e. The fourth-order valence-corrected chi connectivity index (χ4v) is 2.29. The van der Waals surface area contributed by atoms with Crippen molar-refractivity contribution in [2.75, 3.05) is 16.9 Å². The molecule has 0 amide bonds. The molecule has 0 radical (unpaired) electrons. The molecule has 0 bridgehead atoms. The number of anilines is 3. The Labute approximate surface area is 127 Å². The van der Waals surface area contributed by atoms with Gasteiger partial charge in [-0.05, 0) is 41.8 Å². The normalized spacial score (nSPS) is 10.6. The molecule has 0 unspecified atom stereocenters. The van der Waals surface area contributed by atoms with Gasteiger partial charge in [0.05, 0.1) is 11.4 Å². The molecule has 7 N–H and O–H groups in total. The lowest BCUT2D eigenvalue weighted by atomic mass is 10.0. The number of nitrogens with zero attached hydrogens (tertiary/aromatic N) is 3. The Bertz CT molecular complexity index is 763. The van der Waals surface area contributed by atoms with Gasteiger partial charge in [0.15, 0.2) is 5.82 Å². The van der Waals surface area contributed by atoms with Gasteiger partial charge in [-0.3, -0.25) is 0 Å². The molecule has 2 heterocycles. The third-order valence-electron chi connectivity index (χ3n) is 3.40. The summed E-state index contributed by atoms with van der Waals surface area (Å²) in [7, 11) is 0. The summed E-state index contributed by atoms with van der Waals surface area (Å²) < 4.78 is 1.80. The highest BCUT2D eigenvalue weighted by Crippen LogP contribution is 2.25. The smallest absolute Gasteiger partial charge is 0.165 e. The van der Waals surface area contributed by atoms with Crippen molar-refractivity contribution in [2.45, 2.75) is 6.42 Å². The number of hydrogen-bond acceptors (Lipinski definition) is 6. The first-order valence-electron chi connectivity index (χ1n) is 6.78. The van der Waals surface area contributed by atoms with E-state index in [2.05, 4.69) is 15.5 Å². The van der Waals surface area contributed by atoms with Crippen molar-refractivity contribution in [1.29, 1.82) is 0 Å². The number of benzene rings is 1. The van der Waals surface area contributed by atoms with Gasteiger partial charge in [-0.2, -0.15) is 5.10 Å². The van der Waals surface area contributed by atoms with E-state index in [4.69, 9.17) is 17.3 Å². The predicted molar refractivity (Wildman–Crippen MR) is 87.2 cm³/mol. The number of hydrazine groups is 1. The summed E-state index contributed by atoms with van der Waals surface area (Å²) in [5.41, 5.74) is 17.8. The Kier molecular flexibility index (Phi) is 3.63. The van der Waals surface area contributed by atoms with Crippen LogP contribution in [0.4, 0.5) is 17.3 Å². The predicted octanol–water partition coefficient (Wildman–Crippen LogP) is 1.31. The van der Waals surface area contributed by atoms with Crippen LogP contribution in [0.2, 0.25) is 0 Å². The minimum Gasteiger partial charge on any atom is -0.395 e. The molecule has 0 aliphatic carbocycles. The molecular weight excluding hydrogens is 278 g/mol. The van der Waals surface area contributed by atoms with Crippen LogP contribution in [0.5, 0.6) is 0 Å². The highest BCUT2D eigenvalue weighted by molar-refractivity contribution is 5.68. The first-order valence-corrected chi connectivity index (χ1v) is 6.78. The highest BCUT2D eigenvalue weighted by Gasteiger charge is 2.09. The summed E-state index contributed by atoms with van der Waals surface area (Å²) in [5, 5.41) is 4.20. The second-order valence-electron chi connectivity index (χ2n) is 4.91. The van der Waals surface area contributed by atoms with Crippen LogP contribution in [0.1, 0.15) is 11.1 Å². The molecule has 0 spiro atoms. The van der Waals surface area contributed by atoms with Crippen LogP contribution >= 0.6 is 0 Å². The molecule has 3 aromatic rings. The molecule has 112 valence electrons. The summed E-state index contributed by atoms with van der Waals surface area (Å²) in [6, 6.07) is 11.7. The van der Waals surface area contributed by atoms with Crippen LogP contribution in [0.3, 0.4) is 0 Å². The van der Waals surface area contributed by atoms with Gasteiger partial charge in [0, 0.05) is 12.4 Å². The van der Waals surface area contributed by atoms with Gasteiger partial charge < -0.3 is 16.9 Å². The molecule has 0 aliphatic heterocycles. The molecule has 0 atom stereocenters. The fourth-order valence-electron chi connectivity index (χ4n) is 2.29. The lowest BCUT2D eigenvalue weighted by Gasteiger charge is -2.11. The minimum atomic E-state index is 0.380. The van der Waals surface area contributed by atoms with Crippen molar-refractivity contribution in [2.24, 2.45) is 5.84 Å². The third kappa shape index (κ3) is 2.70. The number of nitrogens with one attached hydrogen (secondary N) is 1. The average molecular weight is 295 g/mol. The van der Waals surface area contributed by atoms with Crippen LogP contribution in [0.15, 0.2) is 48.8 Å². The standard InChI is InChI=1S/C15H17N7/c16-13-9-11(14(17)15(20-13)21-18)8-10-2-4-12(5-3-10)22-7-1-6-19-22/h1-7,9H,8,17-18H2,(H3,16,20,21). The van der Waals surface area contributed by atoms with Gasteiger partial charge in [0.2, 0.25) is 0 Å². The number of nitrogens with two attached hydrogens (primary N) is 3. The monoisotopic (exact) mass is 295 g/mol. The van der Waals surface area contributed by atoms with E-state index < -0.39 is 0 Å². The molecule has 0 fully saturated rings. The van der Waals surface area contributed by atoms with E-state index in [0.717, 1.165) is 16.8 Å². The zero-order valence-corrected chi connectivity index (χ0v) is 11.9. The van der Waals surface area contributed by atoms with Gasteiger partial charge in [-0.15, -0.1) is 0 Å². The van der Waals surface area contributed by atoms with Crippen LogP contribution in [-0.2, 0) is 6.42 Å². The minimum absolute atomic E-state index is 0.380. The van der Waals surface area contributed by atoms with Crippen LogP contribution in [0, 0.1) is 0 Å². The molecule has 22 heavy (non-hydrogen) atoms. The number of hydrogen-bond donors (Lipinski definition) is 4. The highest BCUT2D eigenvalue weighted by atomic mass is 15.3. The topological polar surface area (TPSA) is 121 Å². The zero-order valence-electron chi connectivity index (χ0n) is 11.9. The van der Waals surface area contributed by atoms with Crippen LogP contribution in [-0.4, -0.2) is 14.8 Å². The Balaban J connectivity index is 1.86. The summed E-state index contributed by atoms with van der Waals surface area (Å²) in [6.45, 7) is 0. The summed E-state index contributed by atoms with van der Waals surface area (Å²) in [4.78, 5) is 4.05. The van der Waals surface area contributed by atoms with Gasteiger partial charge in [0.1, 0.15) is 5.82 Å². The maximum atomic E-state index is 6.04. The maximum absolute atomic E-state index is 6.04. The molecule has 1 aromatic carbocycles. The van der Waals surface area contributed by atoms with E-state index in [0.29, 0.717) is 23.7 Å². The number of rotatable bonds is 4. The second kappa shape index (κ2) is 5.74. The Morgan fingerprint density at radius 3 is 2.55 bits per heavy atom. The van der Waals surface area contributed by atoms with E-state index in [1.54, 1.807) is 16.9 Å². The number of nitrogen functional groups attached to an aromatic ring is 3. The summed E-state index contributed by atoms with van der Waals surface area (Å²) in [5.74, 6) is 6.17. The Morgan fingerprint density at radius 1 is 1.14 bits per heavy atom. The van der Waals surface area contributed by atoms with Crippen molar-refractivity contribution < 1.29 is 0 Å². The second-order valence-corrected chi connectivity index (χ2v) is 4.91. The van der Waals surface area contributed by atoms with Gasteiger partial charge >= 0.3 is 0 Å². The Hall–Kier alpha value is -3.06. The van der Waals surface area contributed by atoms with Crippen molar-refractivity contribution in [1.82, 2.24) is 14.8 Å². The maximum Gasteiger partial charge on any atom is 0.165 e. The first-order chi connectivity index (χ1) is 10.7. The lowest BCUT2D eigenvalue weighted by Crippen LogP contribution is -2.13. The molecule has 2 aromatic heterocycles. The van der Waals surface area contributed by atoms with Crippen LogP contribution in [0.25, 0.3) is 5.69 Å². The van der Waals surface area contributed by atoms with E-state index in [9.17, 15) is 0 Å². The van der Waals surface area contributed by atoms with Gasteiger partial charge in [-0.1, -0.05) is 12.1 Å². The molecule has 0 aliphatic rings. The first kappa shape index (κ1) is 13.9. The molecule has 0 saturated carbocycles. The van der Waals surface area contributed by atoms with Gasteiger partial charge in [0.25, 0.3) is 0 Å². The van der Waals surface area contributed by atoms with Crippen LogP contribution < -0.4 is 22.7 Å². The molecule has 3 rings (SSSR count). The fraction of sp³-hybridized carbons (Fsp3) is 0.0667. The third-order valence-corrected chi connectivity index (χ3v) is 3.40. The Morgan fingerprint density at radius 2 is 1.91 bits per heavy atom. The van der Waals surface area contributed by atoms with E-state index in [-0.39, 0.29) is 0 Å². The molecule has 7 nitrogen and oxygen atoms in total. The average Bonchev–Trinajstić information content (AvgIpc) is 3.05. The lowest BCUT2D eigenvalue weighted by molar-refractivity contribution is 0.879.